The Balaban J connectivity index is 1.45. The molecule has 138 valence electrons. The Morgan fingerprint density at radius 1 is 1.27 bits per heavy atom. The van der Waals surface area contributed by atoms with Crippen molar-refractivity contribution in [2.24, 2.45) is 0 Å². The summed E-state index contributed by atoms with van der Waals surface area (Å²) in [5, 5.41) is 3.92. The van der Waals surface area contributed by atoms with Crippen molar-refractivity contribution in [3.63, 3.8) is 0 Å². The van der Waals surface area contributed by atoms with Crippen LogP contribution in [0.5, 0.6) is 6.01 Å². The van der Waals surface area contributed by atoms with E-state index in [-0.39, 0.29) is 18.1 Å². The van der Waals surface area contributed by atoms with Crippen LogP contribution < -0.4 is 10.1 Å². The lowest BCUT2D eigenvalue weighted by atomic mass is 10.1. The highest BCUT2D eigenvalue weighted by atomic mass is 35.5. The van der Waals surface area contributed by atoms with E-state index in [2.05, 4.69) is 15.3 Å². The van der Waals surface area contributed by atoms with E-state index in [1.807, 2.05) is 0 Å². The van der Waals surface area contributed by atoms with Crippen molar-refractivity contribution in [2.75, 3.05) is 13.1 Å². The number of hydrogen-bond acceptors (Lipinski definition) is 4. The summed E-state index contributed by atoms with van der Waals surface area (Å²) < 4.78 is 18.4. The van der Waals surface area contributed by atoms with Gasteiger partial charge >= 0.3 is 12.0 Å². The molecule has 0 saturated carbocycles. The molecule has 6 nitrogen and oxygen atoms in total. The quantitative estimate of drug-likeness (QED) is 0.852. The lowest BCUT2D eigenvalue weighted by molar-refractivity contribution is 0.103. The molecule has 1 saturated heterocycles. The molecule has 0 bridgehead atoms. The summed E-state index contributed by atoms with van der Waals surface area (Å²) >= 11 is 12.0. The van der Waals surface area contributed by atoms with Crippen LogP contribution in [0.4, 0.5) is 9.18 Å². The molecule has 2 aromatic rings. The van der Waals surface area contributed by atoms with Gasteiger partial charge in [-0.15, -0.1) is 0 Å². The zero-order valence-corrected chi connectivity index (χ0v) is 15.3. The summed E-state index contributed by atoms with van der Waals surface area (Å²) in [5.41, 5.74) is 0.802. The molecule has 2 amide bonds. The minimum absolute atomic E-state index is 0.102. The molecule has 2 heterocycles. The Kier molecular flexibility index (Phi) is 6.11. The largest absolute Gasteiger partial charge is 0.460 e. The second-order valence-electron chi connectivity index (χ2n) is 5.88. The van der Waals surface area contributed by atoms with Gasteiger partial charge in [-0.25, -0.2) is 19.2 Å². The monoisotopic (exact) mass is 398 g/mol. The number of piperidine rings is 1. The van der Waals surface area contributed by atoms with Gasteiger partial charge < -0.3 is 15.0 Å². The summed E-state index contributed by atoms with van der Waals surface area (Å²) in [6.07, 6.45) is 3.32. The molecule has 1 N–H and O–H groups in total. The number of nitrogens with zero attached hydrogens (tertiary/aromatic N) is 3. The van der Waals surface area contributed by atoms with Gasteiger partial charge in [-0.1, -0.05) is 29.3 Å². The maximum Gasteiger partial charge on any atom is 0.317 e. The molecule has 1 aromatic carbocycles. The molecule has 0 unspecified atom stereocenters. The van der Waals surface area contributed by atoms with Gasteiger partial charge in [0.1, 0.15) is 6.10 Å². The van der Waals surface area contributed by atoms with E-state index in [1.165, 1.54) is 0 Å². The Labute approximate surface area is 160 Å². The Hall–Kier alpha value is -2.12. The van der Waals surface area contributed by atoms with E-state index in [9.17, 15) is 9.18 Å². The summed E-state index contributed by atoms with van der Waals surface area (Å²) in [4.78, 5) is 21.6. The number of ether oxygens (including phenoxy) is 1. The number of amides is 2. The van der Waals surface area contributed by atoms with Gasteiger partial charge in [-0.05, 0) is 17.7 Å². The maximum atomic E-state index is 12.8. The number of likely N-dealkylation sites (tertiary alicyclic amines) is 1. The summed E-state index contributed by atoms with van der Waals surface area (Å²) in [6.45, 7) is 1.42. The number of carbonyl (C=O) groups is 1. The standard InChI is InChI=1S/C17H17Cl2FN4O2/c18-12-2-1-11(15(19)7-12)8-23-17(25)24-5-3-14(4-6-24)26-16-21-9-13(20)10-22-16/h1-2,7,9-10,14H,3-6,8H2,(H,23,25). The van der Waals surface area contributed by atoms with Crippen LogP contribution in [-0.4, -0.2) is 40.1 Å². The van der Waals surface area contributed by atoms with Gasteiger partial charge in [0.25, 0.3) is 0 Å². The normalized spacial score (nSPS) is 15.0. The molecule has 9 heteroatoms. The SMILES string of the molecule is O=C(NCc1ccc(Cl)cc1Cl)N1CCC(Oc2ncc(F)cn2)CC1. The minimum atomic E-state index is -0.510. The fourth-order valence-corrected chi connectivity index (χ4v) is 3.11. The summed E-state index contributed by atoms with van der Waals surface area (Å²) in [7, 11) is 0. The highest BCUT2D eigenvalue weighted by molar-refractivity contribution is 6.35. The van der Waals surface area contributed by atoms with Crippen molar-refractivity contribution < 1.29 is 13.9 Å². The van der Waals surface area contributed by atoms with Crippen molar-refractivity contribution in [1.82, 2.24) is 20.2 Å². The first kappa shape index (κ1) is 18.7. The second-order valence-corrected chi connectivity index (χ2v) is 6.73. The first-order valence-electron chi connectivity index (χ1n) is 8.12. The fourth-order valence-electron chi connectivity index (χ4n) is 2.63. The molecule has 1 aliphatic rings. The van der Waals surface area contributed by atoms with E-state index >= 15 is 0 Å². The summed E-state index contributed by atoms with van der Waals surface area (Å²) in [5.74, 6) is -0.510. The summed E-state index contributed by atoms with van der Waals surface area (Å²) in [6, 6.07) is 5.15. The lowest BCUT2D eigenvalue weighted by Gasteiger charge is -2.31. The molecule has 1 fully saturated rings. The molecule has 0 aliphatic carbocycles. The van der Waals surface area contributed by atoms with E-state index < -0.39 is 5.82 Å². The topological polar surface area (TPSA) is 67.4 Å². The van der Waals surface area contributed by atoms with Gasteiger partial charge in [0, 0.05) is 42.5 Å². The first-order chi connectivity index (χ1) is 12.5. The zero-order chi connectivity index (χ0) is 18.5. The van der Waals surface area contributed by atoms with E-state index in [1.54, 1.807) is 23.1 Å². The van der Waals surface area contributed by atoms with Crippen molar-refractivity contribution in [3.05, 3.63) is 52.0 Å². The van der Waals surface area contributed by atoms with Crippen LogP contribution in [0.25, 0.3) is 0 Å². The van der Waals surface area contributed by atoms with Crippen molar-refractivity contribution in [1.29, 1.82) is 0 Å². The third-order valence-electron chi connectivity index (χ3n) is 4.04. The Bertz CT molecular complexity index is 768. The van der Waals surface area contributed by atoms with Gasteiger partial charge in [0.05, 0.1) is 12.4 Å². The average Bonchev–Trinajstić information content (AvgIpc) is 2.63. The molecule has 26 heavy (non-hydrogen) atoms. The van der Waals surface area contributed by atoms with E-state index in [0.29, 0.717) is 42.5 Å². The Morgan fingerprint density at radius 2 is 1.96 bits per heavy atom. The van der Waals surface area contributed by atoms with Crippen LogP contribution in [-0.2, 0) is 6.54 Å². The van der Waals surface area contributed by atoms with Crippen LogP contribution in [0.15, 0.2) is 30.6 Å². The third kappa shape index (κ3) is 4.95. The molecular formula is C17H17Cl2FN4O2. The maximum absolute atomic E-state index is 12.8. The van der Waals surface area contributed by atoms with Crippen LogP contribution >= 0.6 is 23.2 Å². The number of benzene rings is 1. The van der Waals surface area contributed by atoms with Crippen LogP contribution in [0.2, 0.25) is 10.0 Å². The predicted octanol–water partition coefficient (Wildman–Crippen LogP) is 3.68. The molecule has 0 spiro atoms. The smallest absolute Gasteiger partial charge is 0.317 e. The van der Waals surface area contributed by atoms with E-state index in [0.717, 1.165) is 18.0 Å². The number of hydrogen-bond donors (Lipinski definition) is 1. The van der Waals surface area contributed by atoms with E-state index in [4.69, 9.17) is 27.9 Å². The minimum Gasteiger partial charge on any atom is -0.460 e. The fraction of sp³-hybridized carbons (Fsp3) is 0.353. The van der Waals surface area contributed by atoms with Crippen LogP contribution in [0.3, 0.4) is 0 Å². The predicted molar refractivity (Wildman–Crippen MR) is 95.9 cm³/mol. The third-order valence-corrected chi connectivity index (χ3v) is 4.63. The highest BCUT2D eigenvalue weighted by Crippen LogP contribution is 2.21. The number of rotatable bonds is 4. The number of aromatic nitrogens is 2. The van der Waals surface area contributed by atoms with Crippen molar-refractivity contribution in [2.45, 2.75) is 25.5 Å². The van der Waals surface area contributed by atoms with Crippen LogP contribution in [0, 0.1) is 5.82 Å². The molecule has 1 aliphatic heterocycles. The average molecular weight is 399 g/mol. The van der Waals surface area contributed by atoms with Gasteiger partial charge in [-0.2, -0.15) is 0 Å². The molecular weight excluding hydrogens is 382 g/mol. The molecule has 0 atom stereocenters. The number of halogens is 3. The second kappa shape index (κ2) is 8.51. The number of carbonyl (C=O) groups excluding carboxylic acids is 1. The zero-order valence-electron chi connectivity index (χ0n) is 13.8. The molecule has 0 radical (unpaired) electrons. The molecule has 1 aromatic heterocycles. The van der Waals surface area contributed by atoms with Gasteiger partial charge in [0.15, 0.2) is 5.82 Å². The van der Waals surface area contributed by atoms with Crippen molar-refractivity contribution >= 4 is 29.2 Å². The number of urea groups is 1. The first-order valence-corrected chi connectivity index (χ1v) is 8.88. The lowest BCUT2D eigenvalue weighted by Crippen LogP contribution is -2.46. The van der Waals surface area contributed by atoms with Crippen molar-refractivity contribution in [3.8, 4) is 6.01 Å². The highest BCUT2D eigenvalue weighted by Gasteiger charge is 2.24. The van der Waals surface area contributed by atoms with Crippen LogP contribution in [0.1, 0.15) is 18.4 Å². The van der Waals surface area contributed by atoms with Gasteiger partial charge in [-0.3, -0.25) is 0 Å². The number of nitrogens with one attached hydrogen (secondary N) is 1. The Morgan fingerprint density at radius 3 is 2.62 bits per heavy atom. The molecule has 3 rings (SSSR count). The van der Waals surface area contributed by atoms with Gasteiger partial charge in [0.2, 0.25) is 0 Å².